The summed E-state index contributed by atoms with van der Waals surface area (Å²) in [5.74, 6) is -0.312. The van der Waals surface area contributed by atoms with Crippen LogP contribution in [0.1, 0.15) is 181 Å². The van der Waals surface area contributed by atoms with Crippen LogP contribution < -0.4 is 0 Å². The van der Waals surface area contributed by atoms with Crippen molar-refractivity contribution in [1.29, 1.82) is 0 Å². The van der Waals surface area contributed by atoms with Gasteiger partial charge in [-0.05, 0) is 12.8 Å². The maximum absolute atomic E-state index is 12.7. The van der Waals surface area contributed by atoms with Gasteiger partial charge < -0.3 is 39.4 Å². The molecule has 6 unspecified atom stereocenters. The van der Waals surface area contributed by atoms with Gasteiger partial charge in [-0.2, -0.15) is 0 Å². The Kier molecular flexibility index (Phi) is 30.3. The number of hydrogen-bond donors (Lipinski definition) is 4. The molecule has 0 bridgehead atoms. The number of aliphatic hydroxyl groups is 4. The standard InChI is InChI=1S/C39H76O9/c1-3-5-7-9-11-13-15-16-17-18-19-21-23-25-27-29-45-31-33(32-46-39-38(44)37(43)36(42)34(30-40)48-39)47-35(41)28-26-24-22-20-14-12-10-8-6-4-2/h33-34,36-40,42-44H,3-32H2,1-2H3. The first-order valence-electron chi connectivity index (χ1n) is 20.1. The molecule has 1 heterocycles. The molecule has 0 aromatic rings. The number of unbranched alkanes of at least 4 members (excludes halogenated alkanes) is 23. The van der Waals surface area contributed by atoms with Crippen molar-refractivity contribution >= 4 is 5.97 Å². The van der Waals surface area contributed by atoms with Gasteiger partial charge in [0.1, 0.15) is 30.5 Å². The maximum Gasteiger partial charge on any atom is 0.306 e. The Bertz CT molecular complexity index is 707. The highest BCUT2D eigenvalue weighted by Gasteiger charge is 2.44. The Labute approximate surface area is 293 Å². The zero-order chi connectivity index (χ0) is 35.1. The van der Waals surface area contributed by atoms with Gasteiger partial charge in [0.05, 0.1) is 19.8 Å². The van der Waals surface area contributed by atoms with Crippen LogP contribution in [-0.2, 0) is 23.7 Å². The van der Waals surface area contributed by atoms with Crippen molar-refractivity contribution < 1.29 is 44.2 Å². The highest BCUT2D eigenvalue weighted by Crippen LogP contribution is 2.22. The van der Waals surface area contributed by atoms with E-state index in [2.05, 4.69) is 13.8 Å². The third-order valence-electron chi connectivity index (χ3n) is 9.52. The second kappa shape index (κ2) is 32.1. The minimum absolute atomic E-state index is 0.106. The summed E-state index contributed by atoms with van der Waals surface area (Å²) >= 11 is 0. The molecule has 48 heavy (non-hydrogen) atoms. The van der Waals surface area contributed by atoms with Gasteiger partial charge in [-0.1, -0.05) is 162 Å². The van der Waals surface area contributed by atoms with Gasteiger partial charge in [0, 0.05) is 13.0 Å². The summed E-state index contributed by atoms with van der Waals surface area (Å²) in [6, 6.07) is 0. The largest absolute Gasteiger partial charge is 0.457 e. The summed E-state index contributed by atoms with van der Waals surface area (Å²) in [6.45, 7) is 4.57. The first kappa shape index (κ1) is 45.2. The van der Waals surface area contributed by atoms with E-state index in [1.54, 1.807) is 0 Å². The monoisotopic (exact) mass is 689 g/mol. The molecule has 286 valence electrons. The summed E-state index contributed by atoms with van der Waals surface area (Å²) < 4.78 is 22.7. The molecule has 1 aliphatic heterocycles. The Balaban J connectivity index is 2.28. The van der Waals surface area contributed by atoms with E-state index >= 15 is 0 Å². The molecule has 4 N–H and O–H groups in total. The van der Waals surface area contributed by atoms with Gasteiger partial charge in [0.25, 0.3) is 0 Å². The van der Waals surface area contributed by atoms with E-state index in [9.17, 15) is 25.2 Å². The molecular weight excluding hydrogens is 612 g/mol. The summed E-state index contributed by atoms with van der Waals surface area (Å²) in [4.78, 5) is 12.7. The summed E-state index contributed by atoms with van der Waals surface area (Å²) in [5, 5.41) is 39.9. The van der Waals surface area contributed by atoms with E-state index in [0.717, 1.165) is 32.1 Å². The lowest BCUT2D eigenvalue weighted by Gasteiger charge is -2.39. The fourth-order valence-electron chi connectivity index (χ4n) is 6.32. The number of ether oxygens (including phenoxy) is 4. The molecule has 0 amide bonds. The Morgan fingerprint density at radius 1 is 0.583 bits per heavy atom. The third-order valence-corrected chi connectivity index (χ3v) is 9.52. The second-order valence-electron chi connectivity index (χ2n) is 14.1. The average Bonchev–Trinajstić information content (AvgIpc) is 3.08. The molecule has 1 fully saturated rings. The molecule has 0 aromatic carbocycles. The zero-order valence-corrected chi connectivity index (χ0v) is 31.0. The van der Waals surface area contributed by atoms with Crippen LogP contribution in [0.3, 0.4) is 0 Å². The van der Waals surface area contributed by atoms with E-state index < -0.39 is 43.4 Å². The highest BCUT2D eigenvalue weighted by atomic mass is 16.7. The van der Waals surface area contributed by atoms with Crippen LogP contribution in [0.4, 0.5) is 0 Å². The fraction of sp³-hybridized carbons (Fsp3) is 0.974. The minimum Gasteiger partial charge on any atom is -0.457 e. The van der Waals surface area contributed by atoms with Crippen molar-refractivity contribution in [3.8, 4) is 0 Å². The van der Waals surface area contributed by atoms with Gasteiger partial charge in [-0.25, -0.2) is 0 Å². The Hall–Kier alpha value is -0.810. The number of aliphatic hydroxyl groups excluding tert-OH is 4. The van der Waals surface area contributed by atoms with Gasteiger partial charge >= 0.3 is 5.97 Å². The van der Waals surface area contributed by atoms with Crippen molar-refractivity contribution in [3.05, 3.63) is 0 Å². The van der Waals surface area contributed by atoms with E-state index in [0.29, 0.717) is 13.0 Å². The Morgan fingerprint density at radius 3 is 1.48 bits per heavy atom. The lowest BCUT2D eigenvalue weighted by atomic mass is 9.99. The number of hydrogen-bond acceptors (Lipinski definition) is 9. The van der Waals surface area contributed by atoms with Crippen LogP contribution in [0.15, 0.2) is 0 Å². The second-order valence-corrected chi connectivity index (χ2v) is 14.1. The number of carbonyl (C=O) groups excluding carboxylic acids is 1. The van der Waals surface area contributed by atoms with Crippen molar-refractivity contribution in [2.45, 2.75) is 218 Å². The van der Waals surface area contributed by atoms with Gasteiger partial charge in [0.15, 0.2) is 6.29 Å². The molecule has 6 atom stereocenters. The van der Waals surface area contributed by atoms with Crippen LogP contribution in [0.2, 0.25) is 0 Å². The van der Waals surface area contributed by atoms with Gasteiger partial charge in [-0.15, -0.1) is 0 Å². The van der Waals surface area contributed by atoms with Crippen LogP contribution in [-0.4, -0.2) is 89.6 Å². The summed E-state index contributed by atoms with van der Waals surface area (Å²) in [6.07, 6.45) is 24.1. The minimum atomic E-state index is -1.53. The summed E-state index contributed by atoms with van der Waals surface area (Å²) in [7, 11) is 0. The molecule has 0 radical (unpaired) electrons. The van der Waals surface area contributed by atoms with Crippen molar-refractivity contribution in [3.63, 3.8) is 0 Å². The van der Waals surface area contributed by atoms with Crippen molar-refractivity contribution in [2.75, 3.05) is 26.4 Å². The smallest absolute Gasteiger partial charge is 0.306 e. The number of carbonyl (C=O) groups is 1. The van der Waals surface area contributed by atoms with E-state index in [1.807, 2.05) is 0 Å². The molecule has 0 aliphatic carbocycles. The van der Waals surface area contributed by atoms with E-state index in [1.165, 1.54) is 128 Å². The molecule has 0 saturated carbocycles. The van der Waals surface area contributed by atoms with Gasteiger partial charge in [-0.3, -0.25) is 4.79 Å². The predicted octanol–water partition coefficient (Wildman–Crippen LogP) is 7.91. The third kappa shape index (κ3) is 23.6. The van der Waals surface area contributed by atoms with Crippen LogP contribution in [0, 0.1) is 0 Å². The molecule has 0 spiro atoms. The molecule has 9 heteroatoms. The predicted molar refractivity (Wildman–Crippen MR) is 192 cm³/mol. The fourth-order valence-corrected chi connectivity index (χ4v) is 6.32. The number of rotatable bonds is 34. The Morgan fingerprint density at radius 2 is 1.02 bits per heavy atom. The lowest BCUT2D eigenvalue weighted by Crippen LogP contribution is -2.59. The van der Waals surface area contributed by atoms with Crippen LogP contribution >= 0.6 is 0 Å². The van der Waals surface area contributed by atoms with E-state index in [-0.39, 0.29) is 19.2 Å². The first-order chi connectivity index (χ1) is 23.4. The van der Waals surface area contributed by atoms with Crippen LogP contribution in [0.25, 0.3) is 0 Å². The van der Waals surface area contributed by atoms with Crippen molar-refractivity contribution in [1.82, 2.24) is 0 Å². The molecule has 1 saturated heterocycles. The van der Waals surface area contributed by atoms with Crippen molar-refractivity contribution in [2.24, 2.45) is 0 Å². The van der Waals surface area contributed by atoms with Crippen LogP contribution in [0.5, 0.6) is 0 Å². The zero-order valence-electron chi connectivity index (χ0n) is 31.0. The summed E-state index contributed by atoms with van der Waals surface area (Å²) in [5.41, 5.74) is 0. The molecule has 9 nitrogen and oxygen atoms in total. The molecule has 1 rings (SSSR count). The highest BCUT2D eigenvalue weighted by molar-refractivity contribution is 5.69. The van der Waals surface area contributed by atoms with E-state index in [4.69, 9.17) is 18.9 Å². The first-order valence-corrected chi connectivity index (χ1v) is 20.1. The normalized spacial score (nSPS) is 21.8. The maximum atomic E-state index is 12.7. The SMILES string of the molecule is CCCCCCCCCCCCCCCCCOCC(COC1OC(CO)C(O)C(O)C1O)OC(=O)CCCCCCCCCCCC. The molecular formula is C39H76O9. The molecule has 1 aliphatic rings. The average molecular weight is 689 g/mol. The lowest BCUT2D eigenvalue weighted by molar-refractivity contribution is -0.305. The number of esters is 1. The van der Waals surface area contributed by atoms with Gasteiger partial charge in [0.2, 0.25) is 0 Å². The topological polar surface area (TPSA) is 135 Å². The quantitative estimate of drug-likeness (QED) is 0.0393. The molecule has 0 aromatic heterocycles.